The standard InChI is InChI=1S/C19H23NO3/c1-18-11-12-4-5-14(23-3)17(22)16(12)19(8-9-20(18)2)7-6-13(21)10-15(18)19/h4-7,15,22H,8-11H2,1-3H3/t15-,18-,19-/m0/s1. The summed E-state index contributed by atoms with van der Waals surface area (Å²) in [6.45, 7) is 3.23. The largest absolute Gasteiger partial charge is 0.504 e. The lowest BCUT2D eigenvalue weighted by Crippen LogP contribution is -2.66. The Morgan fingerprint density at radius 3 is 2.91 bits per heavy atom. The normalized spacial score (nSPS) is 35.6. The summed E-state index contributed by atoms with van der Waals surface area (Å²) >= 11 is 0. The zero-order valence-corrected chi connectivity index (χ0v) is 13.9. The van der Waals surface area contributed by atoms with Crippen LogP contribution in [0.15, 0.2) is 24.3 Å². The molecule has 0 spiro atoms. The summed E-state index contributed by atoms with van der Waals surface area (Å²) in [5, 5.41) is 10.8. The minimum atomic E-state index is -0.263. The molecule has 4 rings (SSSR count). The molecule has 1 N–H and O–H groups in total. The minimum absolute atomic E-state index is 0.0628. The van der Waals surface area contributed by atoms with Gasteiger partial charge in [-0.3, -0.25) is 4.79 Å². The number of ketones is 1. The molecular formula is C19H23NO3. The number of carbonyl (C=O) groups is 1. The molecule has 0 radical (unpaired) electrons. The van der Waals surface area contributed by atoms with Gasteiger partial charge in [0.05, 0.1) is 7.11 Å². The fourth-order valence-corrected chi connectivity index (χ4v) is 5.19. The number of carbonyl (C=O) groups excluding carboxylic acids is 1. The highest BCUT2D eigenvalue weighted by molar-refractivity contribution is 5.92. The fraction of sp³-hybridized carbons (Fsp3) is 0.526. The summed E-state index contributed by atoms with van der Waals surface area (Å²) in [5.41, 5.74) is 1.83. The number of likely N-dealkylation sites (tertiary alicyclic amines) is 1. The molecule has 3 atom stereocenters. The van der Waals surface area contributed by atoms with Gasteiger partial charge in [0.25, 0.3) is 0 Å². The number of phenolic OH excluding ortho intramolecular Hbond substituents is 1. The highest BCUT2D eigenvalue weighted by atomic mass is 16.5. The molecule has 2 bridgehead atoms. The number of nitrogens with zero attached hydrogens (tertiary/aromatic N) is 1. The Hall–Kier alpha value is -1.81. The van der Waals surface area contributed by atoms with Gasteiger partial charge in [-0.15, -0.1) is 0 Å². The van der Waals surface area contributed by atoms with Crippen molar-refractivity contribution in [1.82, 2.24) is 4.90 Å². The number of aromatic hydroxyl groups is 1. The SMILES string of the molecule is COc1ccc2c(c1O)[C@]13C=CC(=O)C[C@H]1[C@](C)(C2)N(C)CC3. The molecule has 0 aromatic heterocycles. The van der Waals surface area contributed by atoms with E-state index in [4.69, 9.17) is 4.74 Å². The second-order valence-electron chi connectivity index (χ2n) is 7.45. The third kappa shape index (κ3) is 1.73. The maximum absolute atomic E-state index is 12.1. The number of allylic oxidation sites excluding steroid dienone is 2. The van der Waals surface area contributed by atoms with E-state index in [9.17, 15) is 9.90 Å². The van der Waals surface area contributed by atoms with Crippen LogP contribution in [0.5, 0.6) is 11.5 Å². The number of rotatable bonds is 1. The van der Waals surface area contributed by atoms with E-state index in [1.807, 2.05) is 6.07 Å². The van der Waals surface area contributed by atoms with Crippen LogP contribution < -0.4 is 4.74 Å². The molecule has 4 nitrogen and oxygen atoms in total. The Balaban J connectivity index is 2.03. The number of fused-ring (bicyclic) bond motifs is 1. The van der Waals surface area contributed by atoms with Gasteiger partial charge in [-0.05, 0) is 57.0 Å². The zero-order valence-electron chi connectivity index (χ0n) is 13.9. The van der Waals surface area contributed by atoms with E-state index < -0.39 is 0 Å². The maximum atomic E-state index is 12.1. The van der Waals surface area contributed by atoms with Gasteiger partial charge in [-0.1, -0.05) is 12.1 Å². The number of likely N-dealkylation sites (N-methyl/N-ethyl adjacent to an activating group) is 1. The fourth-order valence-electron chi connectivity index (χ4n) is 5.19. The van der Waals surface area contributed by atoms with E-state index >= 15 is 0 Å². The van der Waals surface area contributed by atoms with Crippen LogP contribution in [0.2, 0.25) is 0 Å². The molecule has 23 heavy (non-hydrogen) atoms. The molecule has 0 unspecified atom stereocenters. The van der Waals surface area contributed by atoms with Gasteiger partial charge in [-0.2, -0.15) is 0 Å². The number of piperidine rings is 1. The van der Waals surface area contributed by atoms with Crippen molar-refractivity contribution in [2.45, 2.75) is 37.1 Å². The predicted molar refractivity (Wildman–Crippen MR) is 87.9 cm³/mol. The molecule has 1 fully saturated rings. The average molecular weight is 313 g/mol. The van der Waals surface area contributed by atoms with Gasteiger partial charge < -0.3 is 14.7 Å². The van der Waals surface area contributed by atoms with Crippen molar-refractivity contribution in [2.75, 3.05) is 20.7 Å². The van der Waals surface area contributed by atoms with Crippen molar-refractivity contribution in [3.8, 4) is 11.5 Å². The quantitative estimate of drug-likeness (QED) is 0.865. The van der Waals surface area contributed by atoms with Crippen molar-refractivity contribution in [3.63, 3.8) is 0 Å². The third-order valence-corrected chi connectivity index (χ3v) is 6.54. The van der Waals surface area contributed by atoms with E-state index in [1.165, 1.54) is 5.56 Å². The Kier molecular flexibility index (Phi) is 2.95. The van der Waals surface area contributed by atoms with Crippen LogP contribution in [0.25, 0.3) is 0 Å². The first-order valence-corrected chi connectivity index (χ1v) is 8.25. The van der Waals surface area contributed by atoms with Gasteiger partial charge in [0.2, 0.25) is 0 Å². The van der Waals surface area contributed by atoms with Crippen LogP contribution in [0, 0.1) is 5.92 Å². The van der Waals surface area contributed by atoms with Crippen LogP contribution in [0.3, 0.4) is 0 Å². The number of hydrogen-bond acceptors (Lipinski definition) is 4. The van der Waals surface area contributed by atoms with Gasteiger partial charge in [0, 0.05) is 22.9 Å². The first kappa shape index (κ1) is 14.8. The lowest BCUT2D eigenvalue weighted by molar-refractivity contribution is -0.121. The van der Waals surface area contributed by atoms with Crippen molar-refractivity contribution in [2.24, 2.45) is 5.92 Å². The van der Waals surface area contributed by atoms with Crippen molar-refractivity contribution < 1.29 is 14.6 Å². The second-order valence-corrected chi connectivity index (χ2v) is 7.45. The number of phenols is 1. The second kappa shape index (κ2) is 4.60. The minimum Gasteiger partial charge on any atom is -0.504 e. The smallest absolute Gasteiger partial charge is 0.162 e. The monoisotopic (exact) mass is 313 g/mol. The molecule has 3 aliphatic rings. The molecule has 2 aliphatic carbocycles. The number of ether oxygens (including phenoxy) is 1. The summed E-state index contributed by atoms with van der Waals surface area (Å²) in [5.74, 6) is 1.15. The van der Waals surface area contributed by atoms with Gasteiger partial charge >= 0.3 is 0 Å². The summed E-state index contributed by atoms with van der Waals surface area (Å²) in [4.78, 5) is 14.5. The topological polar surface area (TPSA) is 49.8 Å². The molecule has 4 heteroatoms. The van der Waals surface area contributed by atoms with E-state index in [2.05, 4.69) is 31.0 Å². The van der Waals surface area contributed by atoms with E-state index in [0.717, 1.165) is 24.9 Å². The lowest BCUT2D eigenvalue weighted by atomic mass is 9.50. The highest BCUT2D eigenvalue weighted by Crippen LogP contribution is 2.59. The van der Waals surface area contributed by atoms with Gasteiger partial charge in [0.1, 0.15) is 0 Å². The summed E-state index contributed by atoms with van der Waals surface area (Å²) in [7, 11) is 3.74. The predicted octanol–water partition coefficient (Wildman–Crippen LogP) is 2.43. The molecule has 0 saturated carbocycles. The Bertz CT molecular complexity index is 726. The molecular weight excluding hydrogens is 290 g/mol. The van der Waals surface area contributed by atoms with E-state index in [-0.39, 0.29) is 28.4 Å². The van der Waals surface area contributed by atoms with Crippen LogP contribution in [0.4, 0.5) is 0 Å². The number of hydrogen-bond donors (Lipinski definition) is 1. The Morgan fingerprint density at radius 2 is 2.17 bits per heavy atom. The van der Waals surface area contributed by atoms with Gasteiger partial charge in [-0.25, -0.2) is 0 Å². The van der Waals surface area contributed by atoms with Crippen LogP contribution in [-0.2, 0) is 16.6 Å². The average Bonchev–Trinajstić information content (AvgIpc) is 2.52. The zero-order chi connectivity index (χ0) is 16.4. The Morgan fingerprint density at radius 1 is 1.39 bits per heavy atom. The van der Waals surface area contributed by atoms with Crippen LogP contribution in [0.1, 0.15) is 30.9 Å². The number of benzene rings is 1. The van der Waals surface area contributed by atoms with Crippen molar-refractivity contribution in [3.05, 3.63) is 35.4 Å². The van der Waals surface area contributed by atoms with Crippen molar-refractivity contribution in [1.29, 1.82) is 0 Å². The third-order valence-electron chi connectivity index (χ3n) is 6.54. The van der Waals surface area contributed by atoms with Gasteiger partial charge in [0.15, 0.2) is 17.3 Å². The Labute approximate surface area is 136 Å². The molecule has 122 valence electrons. The van der Waals surface area contributed by atoms with E-state index in [1.54, 1.807) is 13.2 Å². The highest BCUT2D eigenvalue weighted by Gasteiger charge is 2.59. The van der Waals surface area contributed by atoms with Crippen LogP contribution >= 0.6 is 0 Å². The van der Waals surface area contributed by atoms with E-state index in [0.29, 0.717) is 12.2 Å². The first-order valence-electron chi connectivity index (χ1n) is 8.25. The molecule has 0 amide bonds. The maximum Gasteiger partial charge on any atom is 0.162 e. The number of methoxy groups -OCH3 is 1. The lowest BCUT2D eigenvalue weighted by Gasteiger charge is -2.61. The summed E-state index contributed by atoms with van der Waals surface area (Å²) in [6.07, 6.45) is 6.10. The first-order chi connectivity index (χ1) is 10.9. The molecule has 1 aliphatic heterocycles. The van der Waals surface area contributed by atoms with Crippen LogP contribution in [-0.4, -0.2) is 42.0 Å². The molecule has 1 aromatic carbocycles. The molecule has 1 aromatic rings. The summed E-state index contributed by atoms with van der Waals surface area (Å²) < 4.78 is 5.34. The molecule has 1 heterocycles. The van der Waals surface area contributed by atoms with Crippen molar-refractivity contribution >= 4 is 5.78 Å². The molecule has 1 saturated heterocycles. The summed E-state index contributed by atoms with van der Waals surface area (Å²) in [6, 6.07) is 3.93.